The first-order valence-electron chi connectivity index (χ1n) is 13.0. The lowest BCUT2D eigenvalue weighted by atomic mass is 9.98. The van der Waals surface area contributed by atoms with E-state index in [-0.39, 0.29) is 27.9 Å². The number of phenolic OH excluding ortho intramolecular Hbond substituents is 1. The van der Waals surface area contributed by atoms with Crippen LogP contribution in [0.25, 0.3) is 21.7 Å². The Kier molecular flexibility index (Phi) is 8.60. The van der Waals surface area contributed by atoms with Crippen LogP contribution in [0, 0.1) is 6.92 Å². The maximum atomic E-state index is 12.7. The highest BCUT2D eigenvalue weighted by molar-refractivity contribution is 6.06. The first-order valence-corrected chi connectivity index (χ1v) is 13.0. The highest BCUT2D eigenvalue weighted by Gasteiger charge is 2.48. The average Bonchev–Trinajstić information content (AvgIpc) is 2.95. The fourth-order valence-electron chi connectivity index (χ4n) is 5.09. The quantitative estimate of drug-likeness (QED) is 0.137. The van der Waals surface area contributed by atoms with Crippen molar-refractivity contribution in [3.63, 3.8) is 0 Å². The van der Waals surface area contributed by atoms with E-state index in [1.165, 1.54) is 25.3 Å². The summed E-state index contributed by atoms with van der Waals surface area (Å²) in [5.41, 5.74) is -0.394. The molecule has 5 rings (SSSR count). The van der Waals surface area contributed by atoms with Gasteiger partial charge in [0, 0.05) is 12.1 Å². The van der Waals surface area contributed by atoms with Crippen molar-refractivity contribution in [1.82, 2.24) is 0 Å². The summed E-state index contributed by atoms with van der Waals surface area (Å²) < 4.78 is 33.2. The van der Waals surface area contributed by atoms with E-state index in [2.05, 4.69) is 0 Å². The minimum absolute atomic E-state index is 0.0463. The zero-order valence-electron chi connectivity index (χ0n) is 22.4. The topological polar surface area (TPSA) is 238 Å². The summed E-state index contributed by atoms with van der Waals surface area (Å²) in [6.45, 7) is 0.330. The van der Waals surface area contributed by atoms with Crippen molar-refractivity contribution in [2.45, 2.75) is 68.3 Å². The molecule has 10 atom stereocenters. The summed E-state index contributed by atoms with van der Waals surface area (Å²) in [5, 5.41) is 82.7. The molecular formula is C27H32O15. The molecule has 2 aliphatic rings. The van der Waals surface area contributed by atoms with Gasteiger partial charge in [-0.3, -0.25) is 4.79 Å². The summed E-state index contributed by atoms with van der Waals surface area (Å²) in [6, 6.07) is 5.62. The zero-order chi connectivity index (χ0) is 30.5. The van der Waals surface area contributed by atoms with Gasteiger partial charge in [-0.05, 0) is 24.4 Å². The predicted molar refractivity (Wildman–Crippen MR) is 140 cm³/mol. The molecule has 3 heterocycles. The van der Waals surface area contributed by atoms with E-state index in [0.29, 0.717) is 11.1 Å². The number of aromatic hydroxyl groups is 1. The Morgan fingerprint density at radius 1 is 0.810 bits per heavy atom. The van der Waals surface area contributed by atoms with Crippen LogP contribution in [0.15, 0.2) is 33.5 Å². The minimum atomic E-state index is -1.81. The molecule has 0 saturated carbocycles. The van der Waals surface area contributed by atoms with Crippen molar-refractivity contribution in [3.05, 3.63) is 40.2 Å². The Balaban J connectivity index is 1.44. The molecule has 0 spiro atoms. The summed E-state index contributed by atoms with van der Waals surface area (Å²) in [4.78, 5) is 12.7. The van der Waals surface area contributed by atoms with E-state index in [1.807, 2.05) is 0 Å². The number of rotatable bonds is 7. The standard InChI is InChI=1S/C27H32O15/c1-9-3-12(29)18-13(39-9)5-10-4-11(37-2)6-14(17(10)21(18)32)40-27-25(36)23(34)20(31)16(42-27)8-38-26-24(35)22(33)19(30)15(7-28)41-26/h3-6,15-16,19-20,22-28,30-36H,7-8H2,1-2H3/t15-,16-,19+,20+,22-,23-,24-,25-,26+,27-/m1/s1. The number of aryl methyl sites for hydroxylation is 1. The molecule has 2 fully saturated rings. The molecule has 15 nitrogen and oxygen atoms in total. The number of hydrogen-bond acceptors (Lipinski definition) is 15. The second kappa shape index (κ2) is 11.9. The van der Waals surface area contributed by atoms with Gasteiger partial charge in [0.25, 0.3) is 0 Å². The SMILES string of the molecule is COc1cc(O[C@@H]2O[C@H](CO[C@H]3O[C@H](CO)[C@H](O)[C@@H](O)[C@H]3O)[C@H](O)[C@@H](O)[C@H]2O)c2c(O)c3c(=O)cc(C)oc3cc2c1. The Morgan fingerprint density at radius 2 is 1.45 bits per heavy atom. The maximum absolute atomic E-state index is 12.7. The largest absolute Gasteiger partial charge is 0.506 e. The van der Waals surface area contributed by atoms with Gasteiger partial charge in [0.05, 0.1) is 25.7 Å². The summed E-state index contributed by atoms with van der Waals surface area (Å²) in [5.74, 6) is 0.0146. The van der Waals surface area contributed by atoms with Crippen molar-refractivity contribution in [3.8, 4) is 17.2 Å². The number of benzene rings is 2. The van der Waals surface area contributed by atoms with Crippen LogP contribution in [0.3, 0.4) is 0 Å². The van der Waals surface area contributed by atoms with E-state index in [1.54, 1.807) is 13.0 Å². The summed E-state index contributed by atoms with van der Waals surface area (Å²) >= 11 is 0. The third-order valence-electron chi connectivity index (χ3n) is 7.39. The van der Waals surface area contributed by atoms with Gasteiger partial charge in [-0.2, -0.15) is 0 Å². The van der Waals surface area contributed by atoms with Crippen LogP contribution < -0.4 is 14.9 Å². The molecule has 0 radical (unpaired) electrons. The van der Waals surface area contributed by atoms with Crippen molar-refractivity contribution >= 4 is 21.7 Å². The molecule has 0 bridgehead atoms. The number of aliphatic hydroxyl groups is 7. The molecule has 0 unspecified atom stereocenters. The molecule has 15 heteroatoms. The van der Waals surface area contributed by atoms with Gasteiger partial charge in [-0.15, -0.1) is 0 Å². The highest BCUT2D eigenvalue weighted by Crippen LogP contribution is 2.42. The number of aliphatic hydroxyl groups excluding tert-OH is 7. The molecule has 2 aliphatic heterocycles. The fraction of sp³-hybridized carbons (Fsp3) is 0.519. The van der Waals surface area contributed by atoms with Crippen molar-refractivity contribution in [2.24, 2.45) is 0 Å². The predicted octanol–water partition coefficient (Wildman–Crippen LogP) is -2.03. The molecule has 0 amide bonds. The van der Waals surface area contributed by atoms with Gasteiger partial charge in [-0.25, -0.2) is 0 Å². The highest BCUT2D eigenvalue weighted by atomic mass is 16.7. The third kappa shape index (κ3) is 5.40. The van der Waals surface area contributed by atoms with E-state index in [9.17, 15) is 45.6 Å². The smallest absolute Gasteiger partial charge is 0.229 e. The molecule has 3 aromatic rings. The molecule has 2 aromatic carbocycles. The third-order valence-corrected chi connectivity index (χ3v) is 7.39. The number of ether oxygens (including phenoxy) is 5. The summed E-state index contributed by atoms with van der Waals surface area (Å²) in [7, 11) is 1.38. The monoisotopic (exact) mass is 596 g/mol. The Hall–Kier alpha value is -3.09. The maximum Gasteiger partial charge on any atom is 0.229 e. The average molecular weight is 597 g/mol. The molecule has 230 valence electrons. The van der Waals surface area contributed by atoms with Crippen LogP contribution in [-0.2, 0) is 14.2 Å². The first kappa shape index (κ1) is 30.4. The van der Waals surface area contributed by atoms with Gasteiger partial charge in [-0.1, -0.05) is 0 Å². The molecule has 2 saturated heterocycles. The van der Waals surface area contributed by atoms with Crippen LogP contribution in [0.2, 0.25) is 0 Å². The van der Waals surface area contributed by atoms with Crippen LogP contribution in [0.1, 0.15) is 5.76 Å². The normalized spacial score (nSPS) is 33.6. The van der Waals surface area contributed by atoms with Crippen molar-refractivity contribution < 1.29 is 69.0 Å². The Labute approximate surface area is 237 Å². The lowest BCUT2D eigenvalue weighted by molar-refractivity contribution is -0.323. The van der Waals surface area contributed by atoms with Gasteiger partial charge in [0.1, 0.15) is 82.8 Å². The van der Waals surface area contributed by atoms with Crippen LogP contribution >= 0.6 is 0 Å². The van der Waals surface area contributed by atoms with Gasteiger partial charge in [0.2, 0.25) is 6.29 Å². The second-order valence-corrected chi connectivity index (χ2v) is 10.2. The van der Waals surface area contributed by atoms with Crippen molar-refractivity contribution in [2.75, 3.05) is 20.3 Å². The lowest BCUT2D eigenvalue weighted by Crippen LogP contribution is -2.62. The van der Waals surface area contributed by atoms with Crippen LogP contribution in [-0.4, -0.2) is 123 Å². The van der Waals surface area contributed by atoms with E-state index < -0.39 is 85.8 Å². The van der Waals surface area contributed by atoms with Gasteiger partial charge < -0.3 is 69.0 Å². The molecular weight excluding hydrogens is 564 g/mol. The Morgan fingerprint density at radius 3 is 2.12 bits per heavy atom. The Bertz CT molecular complexity index is 1490. The van der Waals surface area contributed by atoms with Crippen molar-refractivity contribution in [1.29, 1.82) is 0 Å². The minimum Gasteiger partial charge on any atom is -0.506 e. The van der Waals surface area contributed by atoms with Crippen LogP contribution in [0.4, 0.5) is 0 Å². The number of methoxy groups -OCH3 is 1. The molecule has 42 heavy (non-hydrogen) atoms. The van der Waals surface area contributed by atoms with E-state index in [0.717, 1.165) is 0 Å². The van der Waals surface area contributed by atoms with E-state index >= 15 is 0 Å². The van der Waals surface area contributed by atoms with E-state index in [4.69, 9.17) is 28.1 Å². The fourth-order valence-corrected chi connectivity index (χ4v) is 5.09. The molecule has 1 aromatic heterocycles. The number of hydrogen-bond donors (Lipinski definition) is 8. The van der Waals surface area contributed by atoms with Crippen LogP contribution in [0.5, 0.6) is 17.2 Å². The zero-order valence-corrected chi connectivity index (χ0v) is 22.4. The van der Waals surface area contributed by atoms with Gasteiger partial charge in [0.15, 0.2) is 11.7 Å². The summed E-state index contributed by atoms with van der Waals surface area (Å²) in [6.07, 6.45) is -16.2. The van der Waals surface area contributed by atoms with Gasteiger partial charge >= 0.3 is 0 Å². The second-order valence-electron chi connectivity index (χ2n) is 10.2. The number of phenols is 1. The lowest BCUT2D eigenvalue weighted by Gasteiger charge is -2.42. The number of fused-ring (bicyclic) bond motifs is 2. The molecule has 8 N–H and O–H groups in total. The molecule has 0 aliphatic carbocycles. The first-order chi connectivity index (χ1) is 19.9.